The molecule has 1 N–H and O–H groups in total. The van der Waals surface area contributed by atoms with E-state index in [9.17, 15) is 9.59 Å². The van der Waals surface area contributed by atoms with Gasteiger partial charge in [0.15, 0.2) is 0 Å². The van der Waals surface area contributed by atoms with E-state index in [0.717, 1.165) is 0 Å². The van der Waals surface area contributed by atoms with Crippen LogP contribution in [-0.4, -0.2) is 39.7 Å². The van der Waals surface area contributed by atoms with Crippen molar-refractivity contribution in [1.29, 1.82) is 0 Å². The molecule has 0 radical (unpaired) electrons. The Morgan fingerprint density at radius 3 is 2.80 bits per heavy atom. The lowest BCUT2D eigenvalue weighted by molar-refractivity contribution is 0.00574. The molecule has 5 heteroatoms. The number of hydrogen-bond donors (Lipinski definition) is 1. The van der Waals surface area contributed by atoms with Gasteiger partial charge >= 0.3 is 0 Å². The Balaban J connectivity index is 2.27. The molecule has 0 bridgehead atoms. The zero-order chi connectivity index (χ0) is 11.0. The van der Waals surface area contributed by atoms with E-state index >= 15 is 0 Å². The van der Waals surface area contributed by atoms with Crippen molar-refractivity contribution < 1.29 is 9.90 Å². The summed E-state index contributed by atoms with van der Waals surface area (Å²) >= 11 is 0. The van der Waals surface area contributed by atoms with Gasteiger partial charge < -0.3 is 14.6 Å². The van der Waals surface area contributed by atoms with Crippen LogP contribution in [0.15, 0.2) is 23.1 Å². The molecule has 1 fully saturated rings. The Bertz CT molecular complexity index is 446. The van der Waals surface area contributed by atoms with Crippen LogP contribution in [0.3, 0.4) is 0 Å². The highest BCUT2D eigenvalue weighted by Gasteiger charge is 2.30. The fourth-order valence-electron chi connectivity index (χ4n) is 1.55. The second-order valence-electron chi connectivity index (χ2n) is 3.70. The van der Waals surface area contributed by atoms with Gasteiger partial charge in [-0.15, -0.1) is 0 Å². The number of rotatable bonds is 1. The van der Waals surface area contributed by atoms with E-state index < -0.39 is 6.10 Å². The van der Waals surface area contributed by atoms with Gasteiger partial charge in [-0.1, -0.05) is 0 Å². The van der Waals surface area contributed by atoms with Crippen LogP contribution in [0.5, 0.6) is 0 Å². The first kappa shape index (κ1) is 9.92. The lowest BCUT2D eigenvalue weighted by Gasteiger charge is -2.35. The monoisotopic (exact) mass is 208 g/mol. The SMILES string of the molecule is Cn1cccc(C(=O)N2CC(O)C2)c1=O. The Labute approximate surface area is 86.6 Å². The lowest BCUT2D eigenvalue weighted by Crippen LogP contribution is -2.54. The van der Waals surface area contributed by atoms with Gasteiger partial charge in [0.2, 0.25) is 0 Å². The van der Waals surface area contributed by atoms with E-state index in [-0.39, 0.29) is 17.0 Å². The number of carbonyl (C=O) groups is 1. The molecule has 2 rings (SSSR count). The van der Waals surface area contributed by atoms with Crippen molar-refractivity contribution >= 4 is 5.91 Å². The van der Waals surface area contributed by atoms with Crippen molar-refractivity contribution in [2.24, 2.45) is 7.05 Å². The fourth-order valence-corrected chi connectivity index (χ4v) is 1.55. The maximum atomic E-state index is 11.7. The van der Waals surface area contributed by atoms with Crippen LogP contribution in [0.1, 0.15) is 10.4 Å². The third-order valence-corrected chi connectivity index (χ3v) is 2.50. The standard InChI is InChI=1S/C10H12N2O3/c1-11-4-2-3-8(9(11)14)10(15)12-5-7(13)6-12/h2-4,7,13H,5-6H2,1H3. The molecule has 1 saturated heterocycles. The number of aliphatic hydroxyl groups is 1. The number of nitrogens with zero attached hydrogens (tertiary/aromatic N) is 2. The Morgan fingerprint density at radius 2 is 2.20 bits per heavy atom. The molecule has 2 heterocycles. The second-order valence-corrected chi connectivity index (χ2v) is 3.70. The molecule has 1 amide bonds. The third-order valence-electron chi connectivity index (χ3n) is 2.50. The van der Waals surface area contributed by atoms with Gasteiger partial charge in [0.1, 0.15) is 5.56 Å². The van der Waals surface area contributed by atoms with Crippen molar-refractivity contribution in [3.63, 3.8) is 0 Å². The first-order valence-corrected chi connectivity index (χ1v) is 4.72. The number of aromatic nitrogens is 1. The van der Waals surface area contributed by atoms with Gasteiger partial charge in [-0.25, -0.2) is 0 Å². The number of hydrogen-bond acceptors (Lipinski definition) is 3. The maximum absolute atomic E-state index is 11.7. The van der Waals surface area contributed by atoms with Gasteiger partial charge in [-0.3, -0.25) is 9.59 Å². The normalized spacial score (nSPS) is 16.3. The Kier molecular flexibility index (Phi) is 2.32. The summed E-state index contributed by atoms with van der Waals surface area (Å²) in [6.45, 7) is 0.633. The smallest absolute Gasteiger partial charge is 0.263 e. The van der Waals surface area contributed by atoms with E-state index in [1.54, 1.807) is 19.3 Å². The molecule has 1 aromatic rings. The molecule has 1 aromatic heterocycles. The number of carbonyl (C=O) groups excluding carboxylic acids is 1. The zero-order valence-electron chi connectivity index (χ0n) is 8.38. The van der Waals surface area contributed by atoms with Crippen LogP contribution >= 0.6 is 0 Å². The average Bonchev–Trinajstić information content (AvgIpc) is 2.16. The summed E-state index contributed by atoms with van der Waals surface area (Å²) in [5.74, 6) is -0.304. The lowest BCUT2D eigenvalue weighted by atomic mass is 10.1. The molecule has 1 aliphatic rings. The molecule has 0 aromatic carbocycles. The minimum Gasteiger partial charge on any atom is -0.389 e. The molecule has 0 spiro atoms. The van der Waals surface area contributed by atoms with Crippen molar-refractivity contribution in [1.82, 2.24) is 9.47 Å². The van der Waals surface area contributed by atoms with Crippen LogP contribution in [0.2, 0.25) is 0 Å². The minimum absolute atomic E-state index is 0.159. The number of likely N-dealkylation sites (tertiary alicyclic amines) is 1. The summed E-state index contributed by atoms with van der Waals surface area (Å²) in [6.07, 6.45) is 1.16. The third kappa shape index (κ3) is 1.66. The highest BCUT2D eigenvalue weighted by atomic mass is 16.3. The van der Waals surface area contributed by atoms with E-state index in [0.29, 0.717) is 13.1 Å². The Morgan fingerprint density at radius 1 is 1.53 bits per heavy atom. The molecule has 0 atom stereocenters. The van der Waals surface area contributed by atoms with Gasteiger partial charge in [0, 0.05) is 26.3 Å². The summed E-state index contributed by atoms with van der Waals surface area (Å²) < 4.78 is 1.36. The summed E-state index contributed by atoms with van der Waals surface area (Å²) in [6, 6.07) is 3.17. The molecular weight excluding hydrogens is 196 g/mol. The molecule has 1 aliphatic heterocycles. The zero-order valence-corrected chi connectivity index (χ0v) is 8.38. The predicted molar refractivity (Wildman–Crippen MR) is 53.6 cm³/mol. The largest absolute Gasteiger partial charge is 0.389 e. The quantitative estimate of drug-likeness (QED) is 0.657. The first-order valence-electron chi connectivity index (χ1n) is 4.72. The molecule has 0 aliphatic carbocycles. The number of aryl methyl sites for hydroxylation is 1. The summed E-state index contributed by atoms with van der Waals surface area (Å²) in [4.78, 5) is 24.8. The summed E-state index contributed by atoms with van der Waals surface area (Å²) in [5, 5.41) is 9.06. The molecule has 0 saturated carbocycles. The van der Waals surface area contributed by atoms with Gasteiger partial charge in [-0.2, -0.15) is 0 Å². The van der Waals surface area contributed by atoms with Gasteiger partial charge in [-0.05, 0) is 12.1 Å². The van der Waals surface area contributed by atoms with Crippen LogP contribution in [-0.2, 0) is 7.05 Å². The average molecular weight is 208 g/mol. The molecule has 5 nitrogen and oxygen atoms in total. The van der Waals surface area contributed by atoms with Crippen molar-refractivity contribution in [2.45, 2.75) is 6.10 Å². The topological polar surface area (TPSA) is 62.5 Å². The van der Waals surface area contributed by atoms with Crippen molar-refractivity contribution in [3.05, 3.63) is 34.2 Å². The van der Waals surface area contributed by atoms with E-state index in [2.05, 4.69) is 0 Å². The van der Waals surface area contributed by atoms with Crippen LogP contribution < -0.4 is 5.56 Å². The van der Waals surface area contributed by atoms with E-state index in [1.165, 1.54) is 15.5 Å². The fraction of sp³-hybridized carbons (Fsp3) is 0.400. The molecular formula is C10H12N2O3. The molecule has 80 valence electrons. The molecule has 15 heavy (non-hydrogen) atoms. The summed E-state index contributed by atoms with van der Waals surface area (Å²) in [7, 11) is 1.60. The van der Waals surface area contributed by atoms with E-state index in [1.807, 2.05) is 0 Å². The first-order chi connectivity index (χ1) is 7.09. The highest BCUT2D eigenvalue weighted by molar-refractivity contribution is 5.94. The molecule has 0 unspecified atom stereocenters. The van der Waals surface area contributed by atoms with Crippen molar-refractivity contribution in [3.8, 4) is 0 Å². The number of pyridine rings is 1. The minimum atomic E-state index is -0.443. The number of amides is 1. The van der Waals surface area contributed by atoms with Gasteiger partial charge in [0.25, 0.3) is 11.5 Å². The van der Waals surface area contributed by atoms with Crippen molar-refractivity contribution in [2.75, 3.05) is 13.1 Å². The summed E-state index contributed by atoms with van der Waals surface area (Å²) in [5.41, 5.74) is -0.143. The van der Waals surface area contributed by atoms with Crippen LogP contribution in [0.25, 0.3) is 0 Å². The van der Waals surface area contributed by atoms with Gasteiger partial charge in [0.05, 0.1) is 6.10 Å². The van der Waals surface area contributed by atoms with Crippen LogP contribution in [0, 0.1) is 0 Å². The Hall–Kier alpha value is -1.62. The highest BCUT2D eigenvalue weighted by Crippen LogP contribution is 2.10. The predicted octanol–water partition coefficient (Wildman–Crippen LogP) is -0.798. The van der Waals surface area contributed by atoms with E-state index in [4.69, 9.17) is 5.11 Å². The van der Waals surface area contributed by atoms with Crippen LogP contribution in [0.4, 0.5) is 0 Å². The second kappa shape index (κ2) is 3.51. The number of aliphatic hydroxyl groups excluding tert-OH is 1. The number of β-amino-alcohol motifs (C(OH)–C–C–N with tert-alkyl or cyclic N) is 1. The maximum Gasteiger partial charge on any atom is 0.263 e.